The summed E-state index contributed by atoms with van der Waals surface area (Å²) in [7, 11) is 0. The van der Waals surface area contributed by atoms with Crippen molar-refractivity contribution in [3.05, 3.63) is 90.2 Å². The highest BCUT2D eigenvalue weighted by molar-refractivity contribution is 9.10. The highest BCUT2D eigenvalue weighted by Gasteiger charge is 2.27. The van der Waals surface area contributed by atoms with Crippen LogP contribution in [0, 0.1) is 0 Å². The molecule has 0 radical (unpaired) electrons. The standard InChI is InChI=1S/C25H19BrN2O2S/c26-16-9-10-20(29)15(11-16)12-19-17-6-2-1-5-14(17)13-28-23(19)27-24(30)22-18-7-3-4-8-21(18)31-25(22)28/h1-2,5-6,9-12,29H,3-4,7-8,13H2/b19-12-. The monoisotopic (exact) mass is 490 g/mol. The molecule has 0 bridgehead atoms. The maximum absolute atomic E-state index is 13.2. The van der Waals surface area contributed by atoms with Crippen molar-refractivity contribution in [3.63, 3.8) is 0 Å². The molecule has 0 saturated heterocycles. The molecule has 0 fully saturated rings. The number of aryl methyl sites for hydroxylation is 2. The summed E-state index contributed by atoms with van der Waals surface area (Å²) in [6, 6.07) is 13.6. The first-order valence-corrected chi connectivity index (χ1v) is 12.0. The fourth-order valence-corrected chi connectivity index (χ4v) is 6.53. The Hall–Kier alpha value is -2.70. The molecule has 0 amide bonds. The van der Waals surface area contributed by atoms with Crippen LogP contribution in [0.4, 0.5) is 0 Å². The van der Waals surface area contributed by atoms with Gasteiger partial charge in [-0.2, -0.15) is 4.98 Å². The minimum atomic E-state index is -0.135. The molecule has 0 unspecified atom stereocenters. The van der Waals surface area contributed by atoms with Gasteiger partial charge in [-0.1, -0.05) is 40.2 Å². The Morgan fingerprint density at radius 3 is 2.87 bits per heavy atom. The van der Waals surface area contributed by atoms with Crippen LogP contribution in [0.15, 0.2) is 51.7 Å². The van der Waals surface area contributed by atoms with Crippen molar-refractivity contribution in [1.82, 2.24) is 9.55 Å². The molecule has 4 nitrogen and oxygen atoms in total. The van der Waals surface area contributed by atoms with E-state index in [1.54, 1.807) is 17.4 Å². The number of thiophene rings is 1. The molecule has 2 aliphatic rings. The number of phenolic OH excluding ortho intramolecular Hbond substituents is 1. The number of benzene rings is 2. The molecule has 1 aliphatic carbocycles. The predicted octanol–water partition coefficient (Wildman–Crippen LogP) is 5.76. The first kappa shape index (κ1) is 19.0. The van der Waals surface area contributed by atoms with Crippen LogP contribution in [0.5, 0.6) is 5.75 Å². The van der Waals surface area contributed by atoms with Crippen LogP contribution in [0.25, 0.3) is 21.9 Å². The summed E-state index contributed by atoms with van der Waals surface area (Å²) in [6.07, 6.45) is 6.28. The van der Waals surface area contributed by atoms with Crippen molar-refractivity contribution in [3.8, 4) is 5.75 Å². The van der Waals surface area contributed by atoms with Crippen LogP contribution in [0.1, 0.15) is 45.8 Å². The van der Waals surface area contributed by atoms with E-state index in [1.807, 2.05) is 30.3 Å². The van der Waals surface area contributed by atoms with Crippen molar-refractivity contribution in [2.75, 3.05) is 0 Å². The number of nitrogens with zero attached hydrogens (tertiary/aromatic N) is 2. The van der Waals surface area contributed by atoms with Gasteiger partial charge in [0.25, 0.3) is 5.56 Å². The lowest BCUT2D eigenvalue weighted by atomic mass is 9.93. The van der Waals surface area contributed by atoms with Crippen LogP contribution in [-0.2, 0) is 19.4 Å². The van der Waals surface area contributed by atoms with Crippen molar-refractivity contribution >= 4 is 49.1 Å². The number of rotatable bonds is 1. The van der Waals surface area contributed by atoms with Gasteiger partial charge in [-0.3, -0.25) is 4.79 Å². The minimum absolute atomic E-state index is 0.135. The molecule has 154 valence electrons. The molecule has 6 heteroatoms. The largest absolute Gasteiger partial charge is 0.507 e. The van der Waals surface area contributed by atoms with Gasteiger partial charge in [0.15, 0.2) is 0 Å². The molecule has 0 spiro atoms. The Bertz CT molecular complexity index is 1460. The quantitative estimate of drug-likeness (QED) is 0.325. The Labute approximate surface area is 191 Å². The van der Waals surface area contributed by atoms with Crippen molar-refractivity contribution in [2.45, 2.75) is 32.2 Å². The molecule has 31 heavy (non-hydrogen) atoms. The van der Waals surface area contributed by atoms with Gasteiger partial charge in [-0.05, 0) is 66.6 Å². The number of hydrogen-bond acceptors (Lipinski definition) is 4. The second-order valence-electron chi connectivity index (χ2n) is 8.14. The smallest absolute Gasteiger partial charge is 0.282 e. The normalized spacial score (nSPS) is 16.2. The Balaban J connectivity index is 1.67. The fourth-order valence-electron chi connectivity index (χ4n) is 4.77. The average Bonchev–Trinajstić information content (AvgIpc) is 3.17. The molecular formula is C25H19BrN2O2S. The van der Waals surface area contributed by atoms with Gasteiger partial charge in [0, 0.05) is 20.5 Å². The zero-order valence-corrected chi connectivity index (χ0v) is 19.1. The summed E-state index contributed by atoms with van der Waals surface area (Å²) in [5, 5.41) is 11.3. The minimum Gasteiger partial charge on any atom is -0.507 e. The van der Waals surface area contributed by atoms with E-state index >= 15 is 0 Å². The average molecular weight is 491 g/mol. The van der Waals surface area contributed by atoms with E-state index in [1.165, 1.54) is 22.4 Å². The van der Waals surface area contributed by atoms with Crippen molar-refractivity contribution in [2.24, 2.45) is 0 Å². The molecule has 6 rings (SSSR count). The molecule has 0 atom stereocenters. The maximum Gasteiger partial charge on any atom is 0.282 e. The van der Waals surface area contributed by atoms with E-state index in [9.17, 15) is 9.90 Å². The van der Waals surface area contributed by atoms with E-state index in [-0.39, 0.29) is 11.3 Å². The van der Waals surface area contributed by atoms with E-state index in [0.717, 1.165) is 45.1 Å². The molecule has 0 saturated carbocycles. The third kappa shape index (κ3) is 3.00. The van der Waals surface area contributed by atoms with Gasteiger partial charge in [0.1, 0.15) is 16.4 Å². The lowest BCUT2D eigenvalue weighted by molar-refractivity contribution is 0.474. The SMILES string of the molecule is O=c1nc2n(c3sc4c(c13)CCCC4)Cc1ccccc1/C2=C/c1cc(Br)ccc1O. The Morgan fingerprint density at radius 2 is 1.97 bits per heavy atom. The molecule has 1 N–H and O–H groups in total. The fraction of sp³-hybridized carbons (Fsp3) is 0.200. The molecule has 4 aromatic rings. The van der Waals surface area contributed by atoms with E-state index in [0.29, 0.717) is 17.9 Å². The second-order valence-corrected chi connectivity index (χ2v) is 10.1. The highest BCUT2D eigenvalue weighted by atomic mass is 79.9. The number of phenols is 1. The van der Waals surface area contributed by atoms with Crippen molar-refractivity contribution in [1.29, 1.82) is 0 Å². The van der Waals surface area contributed by atoms with E-state index in [2.05, 4.69) is 37.6 Å². The lowest BCUT2D eigenvalue weighted by Crippen LogP contribution is -2.23. The zero-order chi connectivity index (χ0) is 21.1. The molecular weight excluding hydrogens is 472 g/mol. The first-order valence-electron chi connectivity index (χ1n) is 10.4. The number of halogens is 1. The molecule has 1 aliphatic heterocycles. The summed E-state index contributed by atoms with van der Waals surface area (Å²) < 4.78 is 3.08. The third-order valence-corrected chi connectivity index (χ3v) is 8.05. The van der Waals surface area contributed by atoms with E-state index < -0.39 is 0 Å². The van der Waals surface area contributed by atoms with Crippen LogP contribution >= 0.6 is 27.3 Å². The number of hydrogen-bond donors (Lipinski definition) is 1. The summed E-state index contributed by atoms with van der Waals surface area (Å²) >= 11 is 5.25. The van der Waals surface area contributed by atoms with Gasteiger partial charge in [-0.25, -0.2) is 0 Å². The summed E-state index contributed by atoms with van der Waals surface area (Å²) in [5.41, 5.74) is 4.87. The van der Waals surface area contributed by atoms with Gasteiger partial charge in [0.2, 0.25) is 0 Å². The highest BCUT2D eigenvalue weighted by Crippen LogP contribution is 2.40. The van der Waals surface area contributed by atoms with Crippen LogP contribution in [-0.4, -0.2) is 14.7 Å². The third-order valence-electron chi connectivity index (χ3n) is 6.24. The van der Waals surface area contributed by atoms with Crippen LogP contribution in [0.2, 0.25) is 0 Å². The molecule has 2 aromatic heterocycles. The van der Waals surface area contributed by atoms with Crippen LogP contribution < -0.4 is 5.56 Å². The summed E-state index contributed by atoms with van der Waals surface area (Å²) in [4.78, 5) is 20.2. The maximum atomic E-state index is 13.2. The molecule has 3 heterocycles. The lowest BCUT2D eigenvalue weighted by Gasteiger charge is -2.24. The number of aromatic nitrogens is 2. The first-order chi connectivity index (χ1) is 15.1. The molecule has 2 aromatic carbocycles. The van der Waals surface area contributed by atoms with Crippen LogP contribution in [0.3, 0.4) is 0 Å². The number of fused-ring (bicyclic) bond motifs is 6. The van der Waals surface area contributed by atoms with Gasteiger partial charge >= 0.3 is 0 Å². The predicted molar refractivity (Wildman–Crippen MR) is 129 cm³/mol. The van der Waals surface area contributed by atoms with Gasteiger partial charge in [0.05, 0.1) is 11.9 Å². The van der Waals surface area contributed by atoms with Gasteiger partial charge < -0.3 is 9.67 Å². The Kier molecular flexibility index (Phi) is 4.40. The van der Waals surface area contributed by atoms with Gasteiger partial charge in [-0.15, -0.1) is 11.3 Å². The topological polar surface area (TPSA) is 55.1 Å². The van der Waals surface area contributed by atoms with E-state index in [4.69, 9.17) is 0 Å². The van der Waals surface area contributed by atoms with Crippen molar-refractivity contribution < 1.29 is 5.11 Å². The number of aromatic hydroxyl groups is 1. The summed E-state index contributed by atoms with van der Waals surface area (Å²) in [5.74, 6) is 0.870. The Morgan fingerprint density at radius 1 is 1.13 bits per heavy atom. The second kappa shape index (κ2) is 7.18. The summed E-state index contributed by atoms with van der Waals surface area (Å²) in [6.45, 7) is 0.691. The zero-order valence-electron chi connectivity index (χ0n) is 16.7.